The maximum Gasteiger partial charge on any atom is 0.264 e. The van der Waals surface area contributed by atoms with Gasteiger partial charge in [0, 0.05) is 6.04 Å². The fraction of sp³-hybridized carbons (Fsp3) is 0.333. The zero-order valence-electron chi connectivity index (χ0n) is 15.0. The minimum Gasteiger partial charge on any atom is -0.317 e. The van der Waals surface area contributed by atoms with Crippen molar-refractivity contribution in [3.8, 4) is 0 Å². The molecule has 3 rings (SSSR count). The van der Waals surface area contributed by atoms with Crippen LogP contribution < -0.4 is 14.8 Å². The average molecular weight is 410 g/mol. The van der Waals surface area contributed by atoms with Gasteiger partial charge in [0.25, 0.3) is 10.0 Å². The Morgan fingerprint density at radius 2 is 1.41 bits per heavy atom. The van der Waals surface area contributed by atoms with E-state index in [1.54, 1.807) is 24.3 Å². The van der Waals surface area contributed by atoms with Gasteiger partial charge in [0.05, 0.1) is 15.5 Å². The summed E-state index contributed by atoms with van der Waals surface area (Å²) in [6.45, 7) is 3.34. The SMILES string of the molecule is Cc1ccc(S(=O)(=O)N(c2ccc(S(N)(=O)=O)cc2)C2CCNCC2)cc1. The standard InChI is InChI=1S/C18H23N3O4S2/c1-14-2-6-18(7-3-14)27(24,25)21(16-10-12-20-13-11-16)15-4-8-17(9-5-15)26(19,22)23/h2-9,16,20H,10-13H2,1H3,(H2,19,22,23). The first-order valence-corrected chi connectivity index (χ1v) is 11.6. The molecule has 1 saturated heterocycles. The van der Waals surface area contributed by atoms with E-state index in [0.717, 1.165) is 18.7 Å². The molecule has 1 aliphatic heterocycles. The number of hydrogen-bond donors (Lipinski definition) is 2. The van der Waals surface area contributed by atoms with Crippen LogP contribution in [0, 0.1) is 6.92 Å². The van der Waals surface area contributed by atoms with E-state index in [-0.39, 0.29) is 15.8 Å². The van der Waals surface area contributed by atoms with Crippen LogP contribution in [-0.2, 0) is 20.0 Å². The Hall–Kier alpha value is -1.94. The number of primary sulfonamides is 1. The van der Waals surface area contributed by atoms with Crippen LogP contribution in [0.3, 0.4) is 0 Å². The minimum absolute atomic E-state index is 0.0516. The minimum atomic E-state index is -3.84. The highest BCUT2D eigenvalue weighted by Gasteiger charge is 2.32. The molecule has 0 aliphatic carbocycles. The summed E-state index contributed by atoms with van der Waals surface area (Å²) in [5.74, 6) is 0. The second-order valence-corrected chi connectivity index (χ2v) is 10.0. The van der Waals surface area contributed by atoms with Crippen molar-refractivity contribution in [1.29, 1.82) is 0 Å². The van der Waals surface area contributed by atoms with Gasteiger partial charge in [-0.3, -0.25) is 4.31 Å². The van der Waals surface area contributed by atoms with Gasteiger partial charge in [-0.2, -0.15) is 0 Å². The summed E-state index contributed by atoms with van der Waals surface area (Å²) in [6.07, 6.45) is 1.34. The molecule has 1 aliphatic rings. The number of sulfonamides is 2. The van der Waals surface area contributed by atoms with Crippen LogP contribution in [0.2, 0.25) is 0 Å². The number of hydrogen-bond acceptors (Lipinski definition) is 5. The normalized spacial score (nSPS) is 16.2. The molecule has 0 unspecified atom stereocenters. The van der Waals surface area contributed by atoms with Crippen molar-refractivity contribution in [1.82, 2.24) is 5.32 Å². The van der Waals surface area contributed by atoms with Crippen molar-refractivity contribution in [2.75, 3.05) is 17.4 Å². The fourth-order valence-electron chi connectivity index (χ4n) is 3.19. The summed E-state index contributed by atoms with van der Waals surface area (Å²) < 4.78 is 51.2. The largest absolute Gasteiger partial charge is 0.317 e. The van der Waals surface area contributed by atoms with E-state index in [1.165, 1.54) is 28.6 Å². The highest BCUT2D eigenvalue weighted by molar-refractivity contribution is 7.92. The van der Waals surface area contributed by atoms with E-state index in [4.69, 9.17) is 5.14 Å². The topological polar surface area (TPSA) is 110 Å². The molecule has 0 amide bonds. The van der Waals surface area contributed by atoms with Gasteiger partial charge in [-0.15, -0.1) is 0 Å². The predicted molar refractivity (Wildman–Crippen MR) is 105 cm³/mol. The van der Waals surface area contributed by atoms with E-state index < -0.39 is 20.0 Å². The second kappa shape index (κ2) is 7.59. The van der Waals surface area contributed by atoms with Gasteiger partial charge in [-0.1, -0.05) is 17.7 Å². The van der Waals surface area contributed by atoms with Crippen molar-refractivity contribution in [3.05, 3.63) is 54.1 Å². The third-order valence-electron chi connectivity index (χ3n) is 4.64. The van der Waals surface area contributed by atoms with Gasteiger partial charge in [-0.25, -0.2) is 22.0 Å². The van der Waals surface area contributed by atoms with Crippen molar-refractivity contribution in [2.24, 2.45) is 5.14 Å². The Balaban J connectivity index is 2.07. The van der Waals surface area contributed by atoms with E-state index in [2.05, 4.69) is 5.32 Å². The number of nitrogens with two attached hydrogens (primary N) is 1. The van der Waals surface area contributed by atoms with Crippen LogP contribution in [0.5, 0.6) is 0 Å². The maximum absolute atomic E-state index is 13.4. The van der Waals surface area contributed by atoms with Crippen molar-refractivity contribution in [2.45, 2.75) is 35.6 Å². The molecule has 1 heterocycles. The van der Waals surface area contributed by atoms with E-state index in [0.29, 0.717) is 18.5 Å². The van der Waals surface area contributed by atoms with E-state index in [9.17, 15) is 16.8 Å². The zero-order valence-corrected chi connectivity index (χ0v) is 16.6. The molecule has 0 aromatic heterocycles. The number of aryl methyl sites for hydroxylation is 1. The summed E-state index contributed by atoms with van der Waals surface area (Å²) in [4.78, 5) is 0.159. The molecule has 27 heavy (non-hydrogen) atoms. The molecular formula is C18H23N3O4S2. The smallest absolute Gasteiger partial charge is 0.264 e. The Labute approximate surface area is 160 Å². The predicted octanol–water partition coefficient (Wildman–Crippen LogP) is 1.59. The van der Waals surface area contributed by atoms with Crippen LogP contribution in [0.15, 0.2) is 58.3 Å². The highest BCUT2D eigenvalue weighted by atomic mass is 32.2. The first kappa shape index (κ1) is 19.8. The summed E-state index contributed by atoms with van der Waals surface area (Å²) >= 11 is 0. The first-order chi connectivity index (χ1) is 12.7. The molecular weight excluding hydrogens is 386 g/mol. The van der Waals surface area contributed by atoms with E-state index >= 15 is 0 Å². The molecule has 0 bridgehead atoms. The molecule has 2 aromatic carbocycles. The third kappa shape index (κ3) is 4.32. The van der Waals surface area contributed by atoms with Gasteiger partial charge >= 0.3 is 0 Å². The third-order valence-corrected chi connectivity index (χ3v) is 7.46. The number of piperidine rings is 1. The molecule has 9 heteroatoms. The zero-order chi connectivity index (χ0) is 19.7. The molecule has 7 nitrogen and oxygen atoms in total. The summed E-state index contributed by atoms with van der Waals surface area (Å²) in [5.41, 5.74) is 1.40. The van der Waals surface area contributed by atoms with Crippen LogP contribution in [0.1, 0.15) is 18.4 Å². The van der Waals surface area contributed by atoms with Crippen molar-refractivity contribution < 1.29 is 16.8 Å². The summed E-state index contributed by atoms with van der Waals surface area (Å²) in [6, 6.07) is 12.2. The number of nitrogens with one attached hydrogen (secondary N) is 1. The number of rotatable bonds is 5. The lowest BCUT2D eigenvalue weighted by Gasteiger charge is -2.35. The summed E-state index contributed by atoms with van der Waals surface area (Å²) in [5, 5.41) is 8.38. The molecule has 0 atom stereocenters. The molecule has 0 radical (unpaired) electrons. The quantitative estimate of drug-likeness (QED) is 0.779. The van der Waals surface area contributed by atoms with Crippen molar-refractivity contribution in [3.63, 3.8) is 0 Å². The summed E-state index contributed by atoms with van der Waals surface area (Å²) in [7, 11) is -7.63. The van der Waals surface area contributed by atoms with Crippen molar-refractivity contribution >= 4 is 25.7 Å². The lowest BCUT2D eigenvalue weighted by Crippen LogP contribution is -2.46. The highest BCUT2D eigenvalue weighted by Crippen LogP contribution is 2.30. The van der Waals surface area contributed by atoms with Gasteiger partial charge in [0.1, 0.15) is 0 Å². The monoisotopic (exact) mass is 409 g/mol. The number of nitrogens with zero attached hydrogens (tertiary/aromatic N) is 1. The lowest BCUT2D eigenvalue weighted by molar-refractivity contribution is 0.453. The van der Waals surface area contributed by atoms with Crippen LogP contribution in [0.4, 0.5) is 5.69 Å². The average Bonchev–Trinajstić information content (AvgIpc) is 2.63. The fourth-order valence-corrected chi connectivity index (χ4v) is 5.42. The molecule has 2 aromatic rings. The maximum atomic E-state index is 13.4. The Kier molecular flexibility index (Phi) is 5.57. The van der Waals surface area contributed by atoms with Crippen LogP contribution in [0.25, 0.3) is 0 Å². The molecule has 3 N–H and O–H groups in total. The lowest BCUT2D eigenvalue weighted by atomic mass is 10.1. The van der Waals surface area contributed by atoms with Gasteiger partial charge in [-0.05, 0) is 69.3 Å². The molecule has 146 valence electrons. The second-order valence-electron chi connectivity index (χ2n) is 6.63. The number of benzene rings is 2. The molecule has 0 spiro atoms. The Morgan fingerprint density at radius 3 is 1.93 bits per heavy atom. The first-order valence-electron chi connectivity index (χ1n) is 8.64. The van der Waals surface area contributed by atoms with E-state index in [1.807, 2.05) is 6.92 Å². The molecule has 1 fully saturated rings. The van der Waals surface area contributed by atoms with Crippen LogP contribution in [-0.4, -0.2) is 36.0 Å². The van der Waals surface area contributed by atoms with Gasteiger partial charge in [0.15, 0.2) is 0 Å². The van der Waals surface area contributed by atoms with Crippen LogP contribution >= 0.6 is 0 Å². The molecule has 0 saturated carbocycles. The van der Waals surface area contributed by atoms with Gasteiger partial charge < -0.3 is 5.32 Å². The Bertz CT molecular complexity index is 996. The Morgan fingerprint density at radius 1 is 0.889 bits per heavy atom. The number of anilines is 1. The van der Waals surface area contributed by atoms with Gasteiger partial charge in [0.2, 0.25) is 10.0 Å².